The molecule has 0 fully saturated rings. The van der Waals surface area contributed by atoms with E-state index in [1.165, 1.54) is 10.7 Å². The summed E-state index contributed by atoms with van der Waals surface area (Å²) < 4.78 is 6.88. The molecule has 0 aliphatic carbocycles. The highest BCUT2D eigenvalue weighted by molar-refractivity contribution is 5.96. The van der Waals surface area contributed by atoms with Crippen LogP contribution in [0.25, 0.3) is 28.2 Å². The molecule has 8 nitrogen and oxygen atoms in total. The maximum Gasteiger partial charge on any atom is 0.252 e. The largest absolute Gasteiger partial charge is 0.463 e. The Hall–Kier alpha value is -4.46. The van der Waals surface area contributed by atoms with Crippen LogP contribution >= 0.6 is 0 Å². The van der Waals surface area contributed by atoms with Crippen LogP contribution in [0.3, 0.4) is 0 Å². The minimum atomic E-state index is -0.292. The number of hydrogen-bond acceptors (Lipinski definition) is 5. The number of furan rings is 1. The lowest BCUT2D eigenvalue weighted by atomic mass is 10.0. The van der Waals surface area contributed by atoms with Crippen molar-refractivity contribution in [3.63, 3.8) is 0 Å². The first-order valence-corrected chi connectivity index (χ1v) is 10.6. The number of hydrogen-bond donors (Lipinski definition) is 2. The Bertz CT molecular complexity index is 1490. The van der Waals surface area contributed by atoms with Crippen LogP contribution in [0, 0.1) is 0 Å². The summed E-state index contributed by atoms with van der Waals surface area (Å²) in [4.78, 5) is 32.3. The highest BCUT2D eigenvalue weighted by atomic mass is 16.3. The molecule has 2 N–H and O–H groups in total. The predicted molar refractivity (Wildman–Crippen MR) is 125 cm³/mol. The molecule has 5 rings (SSSR count). The Labute approximate surface area is 188 Å². The fourth-order valence-corrected chi connectivity index (χ4v) is 3.76. The molecule has 0 bridgehead atoms. The zero-order chi connectivity index (χ0) is 22.8. The molecule has 0 saturated heterocycles. The fourth-order valence-electron chi connectivity index (χ4n) is 3.76. The van der Waals surface area contributed by atoms with Gasteiger partial charge in [-0.25, -0.2) is 4.98 Å². The van der Waals surface area contributed by atoms with E-state index in [4.69, 9.17) is 4.42 Å². The average Bonchev–Trinajstić information content (AvgIpc) is 3.49. The van der Waals surface area contributed by atoms with Crippen LogP contribution in [-0.4, -0.2) is 25.7 Å². The zero-order valence-corrected chi connectivity index (χ0v) is 17.9. The van der Waals surface area contributed by atoms with Crippen molar-refractivity contribution < 1.29 is 9.21 Å². The number of carbonyl (C=O) groups excluding carboxylic acids is 1. The summed E-state index contributed by atoms with van der Waals surface area (Å²) >= 11 is 0. The summed E-state index contributed by atoms with van der Waals surface area (Å²) in [6, 6.07) is 20.5. The highest BCUT2D eigenvalue weighted by Gasteiger charge is 2.18. The first-order valence-electron chi connectivity index (χ1n) is 10.6. The Balaban J connectivity index is 1.51. The summed E-state index contributed by atoms with van der Waals surface area (Å²) in [5.74, 6) is 0.917. The van der Waals surface area contributed by atoms with Gasteiger partial charge in [0.1, 0.15) is 11.5 Å². The van der Waals surface area contributed by atoms with E-state index in [2.05, 4.69) is 20.4 Å². The lowest BCUT2D eigenvalue weighted by Gasteiger charge is -2.10. The van der Waals surface area contributed by atoms with E-state index < -0.39 is 0 Å². The maximum absolute atomic E-state index is 13.0. The predicted octanol–water partition coefficient (Wildman–Crippen LogP) is 4.11. The number of anilines is 1. The van der Waals surface area contributed by atoms with Crippen molar-refractivity contribution >= 4 is 22.5 Å². The molecule has 33 heavy (non-hydrogen) atoms. The van der Waals surface area contributed by atoms with E-state index in [0.717, 1.165) is 16.3 Å². The van der Waals surface area contributed by atoms with Gasteiger partial charge >= 0.3 is 0 Å². The molecule has 2 aromatic carbocycles. The van der Waals surface area contributed by atoms with E-state index >= 15 is 0 Å². The van der Waals surface area contributed by atoms with Gasteiger partial charge in [-0.2, -0.15) is 9.78 Å². The molecule has 0 radical (unpaired) electrons. The number of aromatic nitrogens is 4. The topological polar surface area (TPSA) is 106 Å². The van der Waals surface area contributed by atoms with E-state index in [1.807, 2.05) is 49.4 Å². The van der Waals surface area contributed by atoms with Gasteiger partial charge < -0.3 is 9.73 Å². The van der Waals surface area contributed by atoms with Gasteiger partial charge in [-0.15, -0.1) is 0 Å². The van der Waals surface area contributed by atoms with Gasteiger partial charge in [-0.3, -0.25) is 14.6 Å². The van der Waals surface area contributed by atoms with Crippen LogP contribution < -0.4 is 10.9 Å². The normalized spacial score (nSPS) is 11.1. The Kier molecular flexibility index (Phi) is 5.32. The molecule has 0 spiro atoms. The zero-order valence-electron chi connectivity index (χ0n) is 17.9. The second kappa shape index (κ2) is 8.58. The number of benzene rings is 2. The van der Waals surface area contributed by atoms with Crippen molar-refractivity contribution in [2.45, 2.75) is 19.8 Å². The fraction of sp³-hybridized carbons (Fsp3) is 0.120. The van der Waals surface area contributed by atoms with Gasteiger partial charge in [0.2, 0.25) is 11.9 Å². The minimum Gasteiger partial charge on any atom is -0.463 e. The van der Waals surface area contributed by atoms with Crippen molar-refractivity contribution in [1.29, 1.82) is 0 Å². The Morgan fingerprint density at radius 2 is 1.94 bits per heavy atom. The number of nitrogens with zero attached hydrogens (tertiary/aromatic N) is 3. The van der Waals surface area contributed by atoms with Crippen molar-refractivity contribution in [2.24, 2.45) is 0 Å². The molecule has 3 heterocycles. The van der Waals surface area contributed by atoms with Crippen LogP contribution in [0.15, 0.2) is 82.2 Å². The lowest BCUT2D eigenvalue weighted by molar-refractivity contribution is -0.115. The van der Waals surface area contributed by atoms with Gasteiger partial charge in [0, 0.05) is 17.8 Å². The second-order valence-corrected chi connectivity index (χ2v) is 7.58. The molecule has 3 aromatic heterocycles. The molecule has 5 aromatic rings. The molecule has 0 unspecified atom stereocenters. The number of H-pyrrole nitrogens is 1. The molecule has 0 aliphatic rings. The van der Waals surface area contributed by atoms with Crippen LogP contribution in [-0.2, 0) is 17.6 Å². The van der Waals surface area contributed by atoms with Crippen LogP contribution in [0.2, 0.25) is 0 Å². The summed E-state index contributed by atoms with van der Waals surface area (Å²) in [6.45, 7) is 1.91. The summed E-state index contributed by atoms with van der Waals surface area (Å²) in [5.41, 5.74) is 1.75. The summed E-state index contributed by atoms with van der Waals surface area (Å²) in [5, 5.41) is 9.55. The molecular formula is C25H21N5O3. The molecule has 0 aliphatic heterocycles. The van der Waals surface area contributed by atoms with E-state index in [9.17, 15) is 9.59 Å². The summed E-state index contributed by atoms with van der Waals surface area (Å²) in [6.07, 6.45) is 2.32. The Morgan fingerprint density at radius 3 is 2.76 bits per heavy atom. The third kappa shape index (κ3) is 4.18. The number of aryl methyl sites for hydroxylation is 1. The van der Waals surface area contributed by atoms with Gasteiger partial charge in [-0.05, 0) is 34.9 Å². The van der Waals surface area contributed by atoms with Crippen LogP contribution in [0.1, 0.15) is 18.2 Å². The first-order chi connectivity index (χ1) is 16.1. The quantitative estimate of drug-likeness (QED) is 0.414. The SMILES string of the molecule is CCc1cc(=O)[nH]c(-n2nc(-c3ccco3)cc2NC(=O)Cc2cccc3ccccc23)n1. The molecule has 0 atom stereocenters. The smallest absolute Gasteiger partial charge is 0.252 e. The van der Waals surface area contributed by atoms with Crippen LogP contribution in [0.4, 0.5) is 5.82 Å². The minimum absolute atomic E-state index is 0.182. The maximum atomic E-state index is 13.0. The molecule has 1 amide bonds. The third-order valence-corrected chi connectivity index (χ3v) is 5.33. The molecule has 0 saturated carbocycles. The monoisotopic (exact) mass is 439 g/mol. The van der Waals surface area contributed by atoms with Crippen molar-refractivity contribution in [1.82, 2.24) is 19.7 Å². The lowest BCUT2D eigenvalue weighted by Crippen LogP contribution is -2.20. The van der Waals surface area contributed by atoms with Gasteiger partial charge in [-0.1, -0.05) is 49.4 Å². The van der Waals surface area contributed by atoms with Crippen molar-refractivity contribution in [3.8, 4) is 17.4 Å². The van der Waals surface area contributed by atoms with E-state index in [1.54, 1.807) is 24.5 Å². The van der Waals surface area contributed by atoms with Crippen molar-refractivity contribution in [3.05, 3.63) is 94.6 Å². The van der Waals surface area contributed by atoms with E-state index in [-0.39, 0.29) is 23.8 Å². The number of rotatable bonds is 6. The molecular weight excluding hydrogens is 418 g/mol. The average molecular weight is 439 g/mol. The number of fused-ring (bicyclic) bond motifs is 1. The van der Waals surface area contributed by atoms with Gasteiger partial charge in [0.05, 0.1) is 12.7 Å². The van der Waals surface area contributed by atoms with E-state index in [0.29, 0.717) is 29.4 Å². The molecule has 164 valence electrons. The van der Waals surface area contributed by atoms with Gasteiger partial charge in [0.25, 0.3) is 5.56 Å². The van der Waals surface area contributed by atoms with Gasteiger partial charge in [0.15, 0.2) is 5.76 Å². The Morgan fingerprint density at radius 1 is 1.09 bits per heavy atom. The number of aromatic amines is 1. The third-order valence-electron chi connectivity index (χ3n) is 5.33. The number of carbonyl (C=O) groups is 1. The first kappa shape index (κ1) is 20.4. The highest BCUT2D eigenvalue weighted by Crippen LogP contribution is 2.25. The van der Waals surface area contributed by atoms with Crippen molar-refractivity contribution in [2.75, 3.05) is 5.32 Å². The van der Waals surface area contributed by atoms with Crippen LogP contribution in [0.5, 0.6) is 0 Å². The number of amides is 1. The standard InChI is InChI=1S/C25H21N5O3/c1-2-18-14-24(32)28-25(26-18)30-22(15-20(29-30)21-11-6-12-33-21)27-23(31)13-17-9-5-8-16-7-3-4-10-19(16)17/h3-12,14-15H,2,13H2,1H3,(H,27,31)(H,26,28,32). The molecule has 8 heteroatoms. The second-order valence-electron chi connectivity index (χ2n) is 7.58. The number of nitrogens with one attached hydrogen (secondary N) is 2. The summed E-state index contributed by atoms with van der Waals surface area (Å²) in [7, 11) is 0.